The van der Waals surface area contributed by atoms with E-state index in [1.54, 1.807) is 0 Å². The van der Waals surface area contributed by atoms with E-state index < -0.39 is 23.6 Å². The molecule has 5 heteroatoms. The number of rotatable bonds is 2. The average molecular weight is 273 g/mol. The van der Waals surface area contributed by atoms with Crippen LogP contribution in [-0.4, -0.2) is 5.11 Å². The Morgan fingerprint density at radius 2 is 1.61 bits per heavy atom. The first-order valence-corrected chi connectivity index (χ1v) is 5.45. The Labute approximate surface area is 106 Å². The van der Waals surface area contributed by atoms with Crippen LogP contribution in [0.3, 0.4) is 0 Å². The van der Waals surface area contributed by atoms with Crippen LogP contribution in [0.1, 0.15) is 17.2 Å². The van der Waals surface area contributed by atoms with Gasteiger partial charge >= 0.3 is 0 Å². The minimum Gasteiger partial charge on any atom is -0.383 e. The zero-order valence-corrected chi connectivity index (χ0v) is 9.76. The van der Waals surface area contributed by atoms with Gasteiger partial charge in [-0.2, -0.15) is 0 Å². The normalized spacial score (nSPS) is 12.5. The van der Waals surface area contributed by atoms with Crippen LogP contribution in [-0.2, 0) is 0 Å². The molecule has 1 N–H and O–H groups in total. The summed E-state index contributed by atoms with van der Waals surface area (Å²) >= 11 is 5.57. The minimum atomic E-state index is -1.59. The molecule has 1 nitrogen and oxygen atoms in total. The molecular weight excluding hydrogens is 265 g/mol. The Morgan fingerprint density at radius 3 is 2.28 bits per heavy atom. The molecule has 0 heterocycles. The fourth-order valence-electron chi connectivity index (χ4n) is 1.61. The first-order valence-electron chi connectivity index (χ1n) is 5.07. The van der Waals surface area contributed by atoms with Gasteiger partial charge in [0, 0.05) is 16.1 Å². The van der Waals surface area contributed by atoms with Crippen LogP contribution in [0.15, 0.2) is 36.4 Å². The molecule has 0 bridgehead atoms. The molecule has 0 radical (unpaired) electrons. The summed E-state index contributed by atoms with van der Waals surface area (Å²) in [6.07, 6.45) is -1.59. The standard InChI is InChI=1S/C13H8ClF3O/c14-7-1-3-9(12(17)5-7)13(18)10-6-8(15)2-4-11(10)16/h1-6,13,18H. The topological polar surface area (TPSA) is 20.2 Å². The number of benzene rings is 2. The number of aliphatic hydroxyl groups is 1. The lowest BCUT2D eigenvalue weighted by molar-refractivity contribution is 0.209. The summed E-state index contributed by atoms with van der Waals surface area (Å²) in [5.41, 5.74) is -0.486. The van der Waals surface area contributed by atoms with E-state index in [4.69, 9.17) is 11.6 Å². The lowest BCUT2D eigenvalue weighted by Gasteiger charge is -2.13. The molecule has 1 atom stereocenters. The molecule has 2 aromatic carbocycles. The Morgan fingerprint density at radius 1 is 0.889 bits per heavy atom. The highest BCUT2D eigenvalue weighted by Crippen LogP contribution is 2.28. The molecule has 0 spiro atoms. The van der Waals surface area contributed by atoms with Crippen molar-refractivity contribution in [2.24, 2.45) is 0 Å². The van der Waals surface area contributed by atoms with Crippen molar-refractivity contribution in [1.29, 1.82) is 0 Å². The maximum atomic E-state index is 13.6. The summed E-state index contributed by atoms with van der Waals surface area (Å²) in [5.74, 6) is -2.29. The molecule has 2 aromatic rings. The molecule has 18 heavy (non-hydrogen) atoms. The molecule has 0 aromatic heterocycles. The van der Waals surface area contributed by atoms with Gasteiger partial charge in [-0.1, -0.05) is 17.7 Å². The number of hydrogen-bond acceptors (Lipinski definition) is 1. The van der Waals surface area contributed by atoms with Gasteiger partial charge in [0.2, 0.25) is 0 Å². The Hall–Kier alpha value is -1.52. The third-order valence-electron chi connectivity index (χ3n) is 2.51. The van der Waals surface area contributed by atoms with Gasteiger partial charge in [-0.25, -0.2) is 13.2 Å². The van der Waals surface area contributed by atoms with E-state index in [0.717, 1.165) is 24.3 Å². The summed E-state index contributed by atoms with van der Waals surface area (Å²) in [6.45, 7) is 0. The highest BCUT2D eigenvalue weighted by molar-refractivity contribution is 6.30. The summed E-state index contributed by atoms with van der Waals surface area (Å²) in [7, 11) is 0. The van der Waals surface area contributed by atoms with Crippen molar-refractivity contribution in [1.82, 2.24) is 0 Å². The number of aliphatic hydroxyl groups excluding tert-OH is 1. The third kappa shape index (κ3) is 2.49. The molecule has 0 fully saturated rings. The fourth-order valence-corrected chi connectivity index (χ4v) is 1.77. The van der Waals surface area contributed by atoms with E-state index in [2.05, 4.69) is 0 Å². The van der Waals surface area contributed by atoms with Crippen LogP contribution in [0, 0.1) is 17.5 Å². The minimum absolute atomic E-state index is 0.156. The summed E-state index contributed by atoms with van der Waals surface area (Å²) in [4.78, 5) is 0. The first-order chi connectivity index (χ1) is 8.49. The Kier molecular flexibility index (Phi) is 3.59. The predicted molar refractivity (Wildman–Crippen MR) is 61.8 cm³/mol. The number of halogens is 4. The quantitative estimate of drug-likeness (QED) is 0.881. The Balaban J connectivity index is 2.47. The van der Waals surface area contributed by atoms with Gasteiger partial charge in [0.1, 0.15) is 23.6 Å². The molecule has 94 valence electrons. The SMILES string of the molecule is OC(c1ccc(Cl)cc1F)c1cc(F)ccc1F. The number of hydrogen-bond donors (Lipinski definition) is 1. The van der Waals surface area contributed by atoms with E-state index in [9.17, 15) is 18.3 Å². The van der Waals surface area contributed by atoms with Crippen LogP contribution in [0.5, 0.6) is 0 Å². The van der Waals surface area contributed by atoms with E-state index >= 15 is 0 Å². The molecule has 2 rings (SSSR count). The highest BCUT2D eigenvalue weighted by Gasteiger charge is 2.19. The van der Waals surface area contributed by atoms with Crippen LogP contribution in [0.4, 0.5) is 13.2 Å². The maximum Gasteiger partial charge on any atom is 0.130 e. The predicted octanol–water partition coefficient (Wildman–Crippen LogP) is 3.84. The molecule has 0 aliphatic rings. The third-order valence-corrected chi connectivity index (χ3v) is 2.74. The largest absolute Gasteiger partial charge is 0.383 e. The van der Waals surface area contributed by atoms with E-state index in [1.807, 2.05) is 0 Å². The lowest BCUT2D eigenvalue weighted by Crippen LogP contribution is -2.05. The summed E-state index contributed by atoms with van der Waals surface area (Å²) in [6, 6.07) is 6.21. The van der Waals surface area contributed by atoms with Gasteiger partial charge < -0.3 is 5.11 Å². The lowest BCUT2D eigenvalue weighted by atomic mass is 10.0. The second kappa shape index (κ2) is 5.00. The van der Waals surface area contributed by atoms with Gasteiger partial charge in [-0.15, -0.1) is 0 Å². The van der Waals surface area contributed by atoms with Gasteiger partial charge in [-0.05, 0) is 30.3 Å². The molecular formula is C13H8ClF3O. The molecule has 0 saturated heterocycles. The van der Waals surface area contributed by atoms with Crippen LogP contribution in [0.25, 0.3) is 0 Å². The van der Waals surface area contributed by atoms with E-state index in [0.29, 0.717) is 0 Å². The van der Waals surface area contributed by atoms with Gasteiger partial charge in [-0.3, -0.25) is 0 Å². The maximum absolute atomic E-state index is 13.6. The zero-order valence-electron chi connectivity index (χ0n) is 9.00. The van der Waals surface area contributed by atoms with Crippen LogP contribution < -0.4 is 0 Å². The smallest absolute Gasteiger partial charge is 0.130 e. The van der Waals surface area contributed by atoms with Crippen LogP contribution >= 0.6 is 11.6 Å². The molecule has 0 saturated carbocycles. The highest BCUT2D eigenvalue weighted by atomic mass is 35.5. The molecule has 0 amide bonds. The Bertz CT molecular complexity index is 586. The van der Waals surface area contributed by atoms with E-state index in [-0.39, 0.29) is 16.1 Å². The average Bonchev–Trinajstić information content (AvgIpc) is 2.31. The first kappa shape index (κ1) is 12.9. The van der Waals surface area contributed by atoms with Crippen molar-refractivity contribution in [3.05, 3.63) is 70.0 Å². The van der Waals surface area contributed by atoms with Crippen molar-refractivity contribution in [2.45, 2.75) is 6.10 Å². The van der Waals surface area contributed by atoms with Crippen molar-refractivity contribution < 1.29 is 18.3 Å². The molecule has 0 aliphatic heterocycles. The summed E-state index contributed by atoms with van der Waals surface area (Å²) < 4.78 is 40.0. The molecule has 1 unspecified atom stereocenters. The summed E-state index contributed by atoms with van der Waals surface area (Å²) in [5, 5.41) is 10.0. The fraction of sp³-hybridized carbons (Fsp3) is 0.0769. The van der Waals surface area contributed by atoms with Gasteiger partial charge in [0.05, 0.1) is 0 Å². The monoisotopic (exact) mass is 272 g/mol. The van der Waals surface area contributed by atoms with Crippen molar-refractivity contribution in [2.75, 3.05) is 0 Å². The van der Waals surface area contributed by atoms with Crippen molar-refractivity contribution in [3.63, 3.8) is 0 Å². The second-order valence-electron chi connectivity index (χ2n) is 3.73. The molecule has 0 aliphatic carbocycles. The van der Waals surface area contributed by atoms with Gasteiger partial charge in [0.15, 0.2) is 0 Å². The van der Waals surface area contributed by atoms with Crippen molar-refractivity contribution in [3.8, 4) is 0 Å². The van der Waals surface area contributed by atoms with Crippen molar-refractivity contribution >= 4 is 11.6 Å². The van der Waals surface area contributed by atoms with Gasteiger partial charge in [0.25, 0.3) is 0 Å². The van der Waals surface area contributed by atoms with E-state index in [1.165, 1.54) is 12.1 Å². The van der Waals surface area contributed by atoms with Crippen LogP contribution in [0.2, 0.25) is 5.02 Å². The second-order valence-corrected chi connectivity index (χ2v) is 4.17. The zero-order chi connectivity index (χ0) is 13.3.